The number of carboxylic acid groups (broad SMARTS) is 1. The lowest BCUT2D eigenvalue weighted by atomic mass is 10.1. The van der Waals surface area contributed by atoms with Crippen molar-refractivity contribution in [3.63, 3.8) is 0 Å². The molecular formula is C9H8BrFO2. The summed E-state index contributed by atoms with van der Waals surface area (Å²) in [4.78, 5) is 10.6. The molecule has 0 heterocycles. The van der Waals surface area contributed by atoms with Gasteiger partial charge in [0.1, 0.15) is 5.82 Å². The second-order valence-electron chi connectivity index (χ2n) is 2.78. The third kappa shape index (κ3) is 1.72. The van der Waals surface area contributed by atoms with E-state index >= 15 is 0 Å². The monoisotopic (exact) mass is 246 g/mol. The molecule has 1 aromatic carbocycles. The van der Waals surface area contributed by atoms with Crippen LogP contribution >= 0.6 is 15.9 Å². The third-order valence-corrected chi connectivity index (χ3v) is 2.81. The van der Waals surface area contributed by atoms with Crippen LogP contribution < -0.4 is 0 Å². The SMILES string of the molecule is Cc1c(Br)cc(C(=O)O)c(F)c1C. The average molecular weight is 247 g/mol. The summed E-state index contributed by atoms with van der Waals surface area (Å²) in [6.45, 7) is 3.29. The third-order valence-electron chi connectivity index (χ3n) is 1.99. The van der Waals surface area contributed by atoms with E-state index in [9.17, 15) is 9.18 Å². The van der Waals surface area contributed by atoms with Crippen LogP contribution in [-0.2, 0) is 0 Å². The molecule has 0 fully saturated rings. The van der Waals surface area contributed by atoms with Gasteiger partial charge in [-0.3, -0.25) is 0 Å². The Kier molecular flexibility index (Phi) is 2.71. The van der Waals surface area contributed by atoms with Gasteiger partial charge in [0.2, 0.25) is 0 Å². The first kappa shape index (κ1) is 10.2. The predicted molar refractivity (Wildman–Crippen MR) is 50.5 cm³/mol. The van der Waals surface area contributed by atoms with Crippen molar-refractivity contribution in [1.82, 2.24) is 0 Å². The van der Waals surface area contributed by atoms with E-state index in [2.05, 4.69) is 15.9 Å². The van der Waals surface area contributed by atoms with E-state index in [1.165, 1.54) is 6.07 Å². The summed E-state index contributed by atoms with van der Waals surface area (Å²) in [5, 5.41) is 8.64. The maximum absolute atomic E-state index is 13.3. The summed E-state index contributed by atoms with van der Waals surface area (Å²) in [7, 11) is 0. The highest BCUT2D eigenvalue weighted by Gasteiger charge is 2.15. The minimum atomic E-state index is -1.25. The van der Waals surface area contributed by atoms with Gasteiger partial charge >= 0.3 is 5.97 Å². The molecule has 70 valence electrons. The largest absolute Gasteiger partial charge is 0.478 e. The Morgan fingerprint density at radius 2 is 2.00 bits per heavy atom. The van der Waals surface area contributed by atoms with Crippen molar-refractivity contribution < 1.29 is 14.3 Å². The first-order valence-electron chi connectivity index (χ1n) is 3.63. The molecule has 0 aliphatic carbocycles. The van der Waals surface area contributed by atoms with Crippen molar-refractivity contribution in [3.05, 3.63) is 33.0 Å². The summed E-state index contributed by atoms with van der Waals surface area (Å²) in [6.07, 6.45) is 0. The predicted octanol–water partition coefficient (Wildman–Crippen LogP) is 2.90. The Balaban J connectivity index is 3.50. The molecule has 0 radical (unpaired) electrons. The Bertz CT molecular complexity index is 374. The molecule has 0 unspecified atom stereocenters. The molecule has 0 atom stereocenters. The van der Waals surface area contributed by atoms with Gasteiger partial charge in [-0.15, -0.1) is 0 Å². The number of benzene rings is 1. The highest BCUT2D eigenvalue weighted by atomic mass is 79.9. The van der Waals surface area contributed by atoms with Crippen LogP contribution in [0.4, 0.5) is 4.39 Å². The van der Waals surface area contributed by atoms with Crippen LogP contribution in [0.25, 0.3) is 0 Å². The molecule has 0 aromatic heterocycles. The first-order chi connectivity index (χ1) is 5.95. The molecule has 13 heavy (non-hydrogen) atoms. The fraction of sp³-hybridized carbons (Fsp3) is 0.222. The van der Waals surface area contributed by atoms with Crippen LogP contribution in [0.3, 0.4) is 0 Å². The number of carbonyl (C=O) groups is 1. The molecule has 1 aromatic rings. The van der Waals surface area contributed by atoms with Gasteiger partial charge in [-0.05, 0) is 31.0 Å². The fourth-order valence-corrected chi connectivity index (χ4v) is 1.53. The highest BCUT2D eigenvalue weighted by Crippen LogP contribution is 2.24. The van der Waals surface area contributed by atoms with E-state index in [0.717, 1.165) is 5.56 Å². The number of halogens is 2. The lowest BCUT2D eigenvalue weighted by Gasteiger charge is -2.06. The topological polar surface area (TPSA) is 37.3 Å². The molecule has 0 spiro atoms. The molecule has 2 nitrogen and oxygen atoms in total. The van der Waals surface area contributed by atoms with E-state index in [-0.39, 0.29) is 5.56 Å². The van der Waals surface area contributed by atoms with Gasteiger partial charge in [0.05, 0.1) is 5.56 Å². The Morgan fingerprint density at radius 1 is 1.46 bits per heavy atom. The normalized spacial score (nSPS) is 10.2. The van der Waals surface area contributed by atoms with Gasteiger partial charge in [0.15, 0.2) is 0 Å². The summed E-state index contributed by atoms with van der Waals surface area (Å²) >= 11 is 3.17. The fourth-order valence-electron chi connectivity index (χ4n) is 1.000. The Hall–Kier alpha value is -0.900. The second kappa shape index (κ2) is 3.46. The van der Waals surface area contributed by atoms with Gasteiger partial charge in [0.25, 0.3) is 0 Å². The van der Waals surface area contributed by atoms with Crippen molar-refractivity contribution in [2.45, 2.75) is 13.8 Å². The molecule has 0 aliphatic rings. The minimum Gasteiger partial charge on any atom is -0.478 e. The molecule has 0 saturated carbocycles. The first-order valence-corrected chi connectivity index (χ1v) is 4.43. The molecular weight excluding hydrogens is 239 g/mol. The second-order valence-corrected chi connectivity index (χ2v) is 3.63. The van der Waals surface area contributed by atoms with E-state index in [1.807, 2.05) is 0 Å². The van der Waals surface area contributed by atoms with Crippen molar-refractivity contribution in [3.8, 4) is 0 Å². The molecule has 1 rings (SSSR count). The number of hydrogen-bond donors (Lipinski definition) is 1. The van der Waals surface area contributed by atoms with Crippen molar-refractivity contribution in [2.75, 3.05) is 0 Å². The molecule has 1 N–H and O–H groups in total. The van der Waals surface area contributed by atoms with Crippen LogP contribution in [-0.4, -0.2) is 11.1 Å². The van der Waals surface area contributed by atoms with Gasteiger partial charge in [-0.1, -0.05) is 15.9 Å². The quantitative estimate of drug-likeness (QED) is 0.828. The van der Waals surface area contributed by atoms with Gasteiger partial charge in [0, 0.05) is 4.47 Å². The van der Waals surface area contributed by atoms with Crippen LogP contribution in [0.5, 0.6) is 0 Å². The zero-order chi connectivity index (χ0) is 10.2. The highest BCUT2D eigenvalue weighted by molar-refractivity contribution is 9.10. The maximum Gasteiger partial charge on any atom is 0.338 e. The molecule has 0 aliphatic heterocycles. The molecule has 0 bridgehead atoms. The summed E-state index contributed by atoms with van der Waals surface area (Å²) in [6, 6.07) is 1.28. The van der Waals surface area contributed by atoms with E-state index in [0.29, 0.717) is 10.0 Å². The van der Waals surface area contributed by atoms with E-state index in [1.54, 1.807) is 13.8 Å². The van der Waals surface area contributed by atoms with Crippen LogP contribution in [0.1, 0.15) is 21.5 Å². The van der Waals surface area contributed by atoms with Gasteiger partial charge in [-0.25, -0.2) is 9.18 Å². The van der Waals surface area contributed by atoms with E-state index in [4.69, 9.17) is 5.11 Å². The number of aromatic carboxylic acids is 1. The molecule has 0 saturated heterocycles. The maximum atomic E-state index is 13.3. The lowest BCUT2D eigenvalue weighted by Crippen LogP contribution is -2.04. The summed E-state index contributed by atoms with van der Waals surface area (Å²) in [5.74, 6) is -1.91. The number of rotatable bonds is 1. The van der Waals surface area contributed by atoms with Crippen molar-refractivity contribution in [2.24, 2.45) is 0 Å². The Labute approximate surface area is 83.5 Å². The Morgan fingerprint density at radius 3 is 2.46 bits per heavy atom. The standard InChI is InChI=1S/C9H8BrFO2/c1-4-5(2)8(11)6(9(12)13)3-7(4)10/h3H,1-2H3,(H,12,13). The number of hydrogen-bond acceptors (Lipinski definition) is 1. The van der Waals surface area contributed by atoms with Gasteiger partial charge in [-0.2, -0.15) is 0 Å². The molecule has 4 heteroatoms. The molecule has 0 amide bonds. The van der Waals surface area contributed by atoms with Crippen molar-refractivity contribution >= 4 is 21.9 Å². The van der Waals surface area contributed by atoms with Crippen molar-refractivity contribution in [1.29, 1.82) is 0 Å². The van der Waals surface area contributed by atoms with Crippen LogP contribution in [0, 0.1) is 19.7 Å². The zero-order valence-electron chi connectivity index (χ0n) is 7.19. The van der Waals surface area contributed by atoms with E-state index < -0.39 is 11.8 Å². The van der Waals surface area contributed by atoms with Crippen LogP contribution in [0.2, 0.25) is 0 Å². The summed E-state index contributed by atoms with van der Waals surface area (Å²) < 4.78 is 13.9. The zero-order valence-corrected chi connectivity index (χ0v) is 8.77. The van der Waals surface area contributed by atoms with Crippen LogP contribution in [0.15, 0.2) is 10.5 Å². The summed E-state index contributed by atoms with van der Waals surface area (Å²) in [5.41, 5.74) is 0.796. The minimum absolute atomic E-state index is 0.296. The smallest absolute Gasteiger partial charge is 0.338 e. The van der Waals surface area contributed by atoms with Gasteiger partial charge < -0.3 is 5.11 Å². The average Bonchev–Trinajstić information content (AvgIpc) is 2.07. The lowest BCUT2D eigenvalue weighted by molar-refractivity contribution is 0.0691. The number of carboxylic acids is 1.